The van der Waals surface area contributed by atoms with Gasteiger partial charge in [0.1, 0.15) is 13.2 Å². The maximum absolute atomic E-state index is 12.0. The molecule has 0 saturated carbocycles. The van der Waals surface area contributed by atoms with Crippen LogP contribution in [0.5, 0.6) is 0 Å². The maximum Gasteiger partial charge on any atom is 0.519 e. The van der Waals surface area contributed by atoms with E-state index in [9.17, 15) is 19.2 Å². The average molecular weight is 432 g/mol. The molecule has 1 aromatic rings. The van der Waals surface area contributed by atoms with E-state index < -0.39 is 28.3 Å². The summed E-state index contributed by atoms with van der Waals surface area (Å²) in [5, 5.41) is 0.889. The first-order valence-corrected chi connectivity index (χ1v) is 9.89. The lowest BCUT2D eigenvalue weighted by molar-refractivity contribution is -0.144. The van der Waals surface area contributed by atoms with Crippen molar-refractivity contribution in [3.63, 3.8) is 0 Å². The first-order chi connectivity index (χ1) is 13.8. The minimum atomic E-state index is -0.884. The van der Waals surface area contributed by atoms with E-state index in [-0.39, 0.29) is 31.3 Å². The van der Waals surface area contributed by atoms with Crippen LogP contribution in [0, 0.1) is 6.92 Å². The van der Waals surface area contributed by atoms with E-state index in [0.29, 0.717) is 31.5 Å². The van der Waals surface area contributed by atoms with Gasteiger partial charge in [0.05, 0.1) is 18.5 Å². The molecule has 0 bridgehead atoms. The molecule has 1 aliphatic rings. The van der Waals surface area contributed by atoms with E-state index in [1.165, 1.54) is 13.8 Å². The number of nitrogens with one attached hydrogen (secondary N) is 1. The predicted molar refractivity (Wildman–Crippen MR) is 100 cm³/mol. The average Bonchev–Trinajstić information content (AvgIpc) is 3.02. The van der Waals surface area contributed by atoms with Crippen LogP contribution in [0.2, 0.25) is 0 Å². The molecule has 29 heavy (non-hydrogen) atoms. The number of aryl methyl sites for hydroxylation is 1. The summed E-state index contributed by atoms with van der Waals surface area (Å²) in [6, 6.07) is 0. The first-order valence-electron chi connectivity index (χ1n) is 9.01. The number of rotatable bonds is 9. The standard InChI is InChI=1S/C17H24N2O9S/c1-11-13(28-16(22)27-11)10-26-17(23)29-12(2)15(21)18-9-14(20)25-8-5-19-3-6-24-7-4-19/h12H,3-10H2,1-2H3,(H,18,21). The third kappa shape index (κ3) is 8.30. The molecular weight excluding hydrogens is 408 g/mol. The van der Waals surface area contributed by atoms with Crippen LogP contribution in [-0.2, 0) is 30.4 Å². The number of hydrogen-bond donors (Lipinski definition) is 1. The van der Waals surface area contributed by atoms with Crippen LogP contribution in [-0.4, -0.2) is 73.3 Å². The summed E-state index contributed by atoms with van der Waals surface area (Å²) < 4.78 is 24.6. The SMILES string of the molecule is Cc1oc(=O)oc1COC(=O)SC(C)C(=O)NCC(=O)OCCN1CCOCC1. The Morgan fingerprint density at radius 1 is 1.21 bits per heavy atom. The number of hydrogen-bond acceptors (Lipinski definition) is 11. The van der Waals surface area contributed by atoms with Gasteiger partial charge < -0.3 is 28.4 Å². The molecule has 1 aromatic heterocycles. The van der Waals surface area contributed by atoms with Crippen molar-refractivity contribution in [2.75, 3.05) is 46.0 Å². The van der Waals surface area contributed by atoms with Crippen molar-refractivity contribution in [2.24, 2.45) is 0 Å². The summed E-state index contributed by atoms with van der Waals surface area (Å²) in [5.41, 5.74) is 0. The van der Waals surface area contributed by atoms with Gasteiger partial charge in [0, 0.05) is 19.6 Å². The zero-order valence-corrected chi connectivity index (χ0v) is 17.1. The largest absolute Gasteiger partial charge is 0.519 e. The van der Waals surface area contributed by atoms with Gasteiger partial charge in [0.25, 0.3) is 0 Å². The van der Waals surface area contributed by atoms with E-state index in [1.807, 2.05) is 0 Å². The molecule has 1 fully saturated rings. The Bertz CT molecular complexity index is 754. The Morgan fingerprint density at radius 2 is 1.93 bits per heavy atom. The summed E-state index contributed by atoms with van der Waals surface area (Å²) in [6.45, 7) is 6.18. The lowest BCUT2D eigenvalue weighted by Crippen LogP contribution is -2.39. The molecule has 2 heterocycles. The summed E-state index contributed by atoms with van der Waals surface area (Å²) in [6.07, 6.45) is 0. The number of carbonyl (C=O) groups is 3. The monoisotopic (exact) mass is 432 g/mol. The van der Waals surface area contributed by atoms with Crippen molar-refractivity contribution >= 4 is 28.9 Å². The molecule has 1 atom stereocenters. The van der Waals surface area contributed by atoms with Crippen LogP contribution in [0.25, 0.3) is 0 Å². The Labute approximate surface area is 171 Å². The van der Waals surface area contributed by atoms with Crippen molar-refractivity contribution in [3.05, 3.63) is 22.1 Å². The lowest BCUT2D eigenvalue weighted by atomic mass is 10.4. The van der Waals surface area contributed by atoms with Crippen LogP contribution in [0.1, 0.15) is 18.4 Å². The highest BCUT2D eigenvalue weighted by Crippen LogP contribution is 2.16. The van der Waals surface area contributed by atoms with Gasteiger partial charge in [-0.3, -0.25) is 14.5 Å². The summed E-state index contributed by atoms with van der Waals surface area (Å²) >= 11 is 0.634. The Balaban J connectivity index is 1.59. The number of nitrogens with zero attached hydrogens (tertiary/aromatic N) is 1. The molecule has 0 aliphatic carbocycles. The van der Waals surface area contributed by atoms with Gasteiger partial charge in [-0.15, -0.1) is 0 Å². The summed E-state index contributed by atoms with van der Waals surface area (Å²) in [5.74, 6) is -1.64. The smallest absolute Gasteiger partial charge is 0.463 e. The van der Waals surface area contributed by atoms with Crippen LogP contribution < -0.4 is 11.1 Å². The number of amides is 1. The predicted octanol–water partition coefficient (Wildman–Crippen LogP) is 0.291. The highest BCUT2D eigenvalue weighted by Gasteiger charge is 2.21. The number of thioether (sulfide) groups is 1. The molecule has 12 heteroatoms. The third-order valence-electron chi connectivity index (χ3n) is 3.98. The fourth-order valence-electron chi connectivity index (χ4n) is 2.33. The molecule has 11 nitrogen and oxygen atoms in total. The minimum Gasteiger partial charge on any atom is -0.463 e. The van der Waals surface area contributed by atoms with Gasteiger partial charge >= 0.3 is 17.1 Å². The van der Waals surface area contributed by atoms with Crippen molar-refractivity contribution in [2.45, 2.75) is 25.7 Å². The van der Waals surface area contributed by atoms with Crippen LogP contribution in [0.4, 0.5) is 4.79 Å². The summed E-state index contributed by atoms with van der Waals surface area (Å²) in [4.78, 5) is 48.5. The Hall–Kier alpha value is -2.31. The quantitative estimate of drug-likeness (QED) is 0.539. The molecule has 0 radical (unpaired) electrons. The van der Waals surface area contributed by atoms with Gasteiger partial charge in [-0.1, -0.05) is 0 Å². The van der Waals surface area contributed by atoms with E-state index >= 15 is 0 Å². The normalized spacial score (nSPS) is 15.5. The van der Waals surface area contributed by atoms with Crippen LogP contribution in [0.15, 0.2) is 13.6 Å². The Kier molecular flexibility index (Phi) is 9.22. The Morgan fingerprint density at radius 3 is 2.59 bits per heavy atom. The molecule has 1 amide bonds. The van der Waals surface area contributed by atoms with Gasteiger partial charge in [-0.2, -0.15) is 0 Å². The second-order valence-corrected chi connectivity index (χ2v) is 7.40. The highest BCUT2D eigenvalue weighted by atomic mass is 32.2. The molecule has 0 spiro atoms. The van der Waals surface area contributed by atoms with Gasteiger partial charge in [-0.25, -0.2) is 9.59 Å². The van der Waals surface area contributed by atoms with E-state index in [2.05, 4.69) is 14.6 Å². The fourth-order valence-corrected chi connectivity index (χ4v) is 2.94. The summed E-state index contributed by atoms with van der Waals surface area (Å²) in [7, 11) is 0. The molecule has 1 N–H and O–H groups in total. The van der Waals surface area contributed by atoms with Crippen molar-refractivity contribution < 1.29 is 37.4 Å². The molecule has 2 rings (SSSR count). The highest BCUT2D eigenvalue weighted by molar-refractivity contribution is 8.14. The van der Waals surface area contributed by atoms with Gasteiger partial charge in [-0.05, 0) is 25.6 Å². The number of ether oxygens (including phenoxy) is 3. The molecular formula is C17H24N2O9S. The van der Waals surface area contributed by atoms with Crippen LogP contribution >= 0.6 is 11.8 Å². The fraction of sp³-hybridized carbons (Fsp3) is 0.647. The topological polar surface area (TPSA) is 138 Å². The zero-order chi connectivity index (χ0) is 21.2. The van der Waals surface area contributed by atoms with E-state index in [4.69, 9.17) is 18.6 Å². The van der Waals surface area contributed by atoms with E-state index in [0.717, 1.165) is 13.1 Å². The lowest BCUT2D eigenvalue weighted by Gasteiger charge is -2.26. The zero-order valence-electron chi connectivity index (χ0n) is 16.3. The van der Waals surface area contributed by atoms with Crippen molar-refractivity contribution in [1.82, 2.24) is 10.2 Å². The number of morpholine rings is 1. The molecule has 162 valence electrons. The van der Waals surface area contributed by atoms with E-state index in [1.54, 1.807) is 0 Å². The molecule has 1 unspecified atom stereocenters. The second kappa shape index (κ2) is 11.6. The number of esters is 1. The minimum absolute atomic E-state index is 0.0980. The van der Waals surface area contributed by atoms with Crippen molar-refractivity contribution in [1.29, 1.82) is 0 Å². The molecule has 1 aliphatic heterocycles. The molecule has 1 saturated heterocycles. The number of carbonyl (C=O) groups excluding carboxylic acids is 3. The van der Waals surface area contributed by atoms with Gasteiger partial charge in [0.2, 0.25) is 5.91 Å². The third-order valence-corrected chi connectivity index (χ3v) is 4.86. The van der Waals surface area contributed by atoms with Crippen LogP contribution in [0.3, 0.4) is 0 Å². The second-order valence-electron chi connectivity index (χ2n) is 6.12. The molecule has 0 aromatic carbocycles. The maximum atomic E-state index is 12.0. The van der Waals surface area contributed by atoms with Gasteiger partial charge in [0.15, 0.2) is 18.1 Å². The van der Waals surface area contributed by atoms with Crippen molar-refractivity contribution in [3.8, 4) is 0 Å². The first kappa shape index (κ1) is 23.0.